The van der Waals surface area contributed by atoms with Crippen molar-refractivity contribution in [3.05, 3.63) is 271 Å². The molecule has 0 atom stereocenters. The molecule has 0 saturated carbocycles. The standard InChI is InChI=1S/C33H40N2S2.C25H22N4O4/c1-28-4-8-30(9-5-28)26-32-12-16-34(17-13-32)20-24-36-22-3-23-37-25-21-35-18-14-33(15-19-35)27-31-10-6-29(2)7-11-31;30-28(31)24-5-1-20(2-6-24)17-22-9-13-26(14-10-22)19-27-15-11-23(12-16-27)18-21-3-7-25(8-4-21)29(32)33/h4-19H,3,20-27H2,1-2H3;1-16H,17-19H2/q2*+2. The van der Waals surface area contributed by atoms with Gasteiger partial charge in [-0.2, -0.15) is 23.5 Å². The summed E-state index contributed by atoms with van der Waals surface area (Å²) in [5.41, 5.74) is 12.6. The average molecular weight is 971 g/mol. The van der Waals surface area contributed by atoms with Crippen LogP contribution in [0.4, 0.5) is 11.4 Å². The smallest absolute Gasteiger partial charge is 0.258 e. The van der Waals surface area contributed by atoms with Gasteiger partial charge in [-0.25, -0.2) is 9.13 Å². The topological polar surface area (TPSA) is 102 Å². The van der Waals surface area contributed by atoms with Crippen molar-refractivity contribution in [1.29, 1.82) is 0 Å². The molecule has 12 heteroatoms. The van der Waals surface area contributed by atoms with Crippen molar-refractivity contribution in [2.75, 3.05) is 23.0 Å². The maximum atomic E-state index is 10.8. The summed E-state index contributed by atoms with van der Waals surface area (Å²) in [5, 5.41) is 21.5. The molecule has 0 saturated heterocycles. The summed E-state index contributed by atoms with van der Waals surface area (Å²) in [6.07, 6.45) is 21.7. The number of pyridine rings is 4. The van der Waals surface area contributed by atoms with E-state index in [9.17, 15) is 20.2 Å². The zero-order chi connectivity index (χ0) is 48.9. The summed E-state index contributed by atoms with van der Waals surface area (Å²) in [5.74, 6) is 4.86. The maximum Gasteiger partial charge on any atom is 0.343 e. The summed E-state index contributed by atoms with van der Waals surface area (Å²) < 4.78 is 8.75. The Morgan fingerprint density at radius 1 is 0.357 bits per heavy atom. The van der Waals surface area contributed by atoms with E-state index in [1.165, 1.54) is 87.1 Å². The van der Waals surface area contributed by atoms with Gasteiger partial charge in [0, 0.05) is 72.8 Å². The Hall–Kier alpha value is -7.02. The Bertz CT molecular complexity index is 2650. The van der Waals surface area contributed by atoms with Crippen molar-refractivity contribution < 1.29 is 28.1 Å². The molecule has 0 aliphatic carbocycles. The van der Waals surface area contributed by atoms with Gasteiger partial charge in [-0.3, -0.25) is 20.2 Å². The lowest BCUT2D eigenvalue weighted by Gasteiger charge is -2.04. The van der Waals surface area contributed by atoms with Crippen molar-refractivity contribution in [2.24, 2.45) is 0 Å². The number of hydrogen-bond donors (Lipinski definition) is 0. The van der Waals surface area contributed by atoms with Gasteiger partial charge in [0.15, 0.2) is 62.7 Å². The Morgan fingerprint density at radius 3 is 0.900 bits per heavy atom. The highest BCUT2D eigenvalue weighted by Gasteiger charge is 2.11. The van der Waals surface area contributed by atoms with Crippen LogP contribution in [0.2, 0.25) is 0 Å². The lowest BCUT2D eigenvalue weighted by atomic mass is 10.0. The molecule has 4 heterocycles. The Balaban J connectivity index is 0.000000208. The fraction of sp³-hybridized carbons (Fsp3) is 0.241. The van der Waals surface area contributed by atoms with E-state index < -0.39 is 9.85 Å². The molecule has 0 aliphatic heterocycles. The lowest BCUT2D eigenvalue weighted by molar-refractivity contribution is -0.913. The molecule has 10 nitrogen and oxygen atoms in total. The quantitative estimate of drug-likeness (QED) is 0.0290. The van der Waals surface area contributed by atoms with Crippen LogP contribution in [0.15, 0.2) is 195 Å². The lowest BCUT2D eigenvalue weighted by Crippen LogP contribution is -2.50. The Labute approximate surface area is 420 Å². The Morgan fingerprint density at radius 2 is 0.614 bits per heavy atom. The Kier molecular flexibility index (Phi) is 19.4. The SMILES string of the molecule is Cc1ccc(Cc2cc[n+](CCSCCCSCC[n+]3ccc(Cc4ccc(C)cc4)cc3)cc2)cc1.O=[N+]([O-])c1ccc(Cc2cc[n+](C[n+]3ccc(Cc4ccc([N+](=O)[O-])cc4)cc3)cc2)cc1. The van der Waals surface area contributed by atoms with Gasteiger partial charge in [-0.1, -0.05) is 83.9 Å². The second kappa shape index (κ2) is 26.7. The van der Waals surface area contributed by atoms with Crippen molar-refractivity contribution in [3.63, 3.8) is 0 Å². The highest BCUT2D eigenvalue weighted by atomic mass is 32.2. The minimum Gasteiger partial charge on any atom is -0.258 e. The average Bonchev–Trinajstić information content (AvgIpc) is 3.37. The first-order valence-corrected chi connectivity index (χ1v) is 26.1. The number of nitro groups is 2. The molecular formula is C58H62N6O4S2+4. The molecular weight excluding hydrogens is 909 g/mol. The zero-order valence-corrected chi connectivity index (χ0v) is 41.7. The fourth-order valence-corrected chi connectivity index (χ4v) is 9.70. The molecule has 4 aromatic heterocycles. The largest absolute Gasteiger partial charge is 0.343 e. The van der Waals surface area contributed by atoms with Crippen LogP contribution >= 0.6 is 23.5 Å². The summed E-state index contributed by atoms with van der Waals surface area (Å²) in [6, 6.07) is 48.2. The molecule has 0 N–H and O–H groups in total. The van der Waals surface area contributed by atoms with E-state index in [1.807, 2.05) is 49.1 Å². The predicted molar refractivity (Wildman–Crippen MR) is 281 cm³/mol. The van der Waals surface area contributed by atoms with Gasteiger partial charge in [0.25, 0.3) is 11.4 Å². The molecule has 70 heavy (non-hydrogen) atoms. The predicted octanol–water partition coefficient (Wildman–Crippen LogP) is 10.4. The molecule has 8 aromatic rings. The summed E-state index contributed by atoms with van der Waals surface area (Å²) >= 11 is 4.15. The molecule has 0 fully saturated rings. The third-order valence-electron chi connectivity index (χ3n) is 11.9. The zero-order valence-electron chi connectivity index (χ0n) is 40.1. The van der Waals surface area contributed by atoms with Crippen molar-refractivity contribution in [3.8, 4) is 0 Å². The number of aryl methyl sites for hydroxylation is 4. The fourth-order valence-electron chi connectivity index (χ4n) is 7.73. The number of hydrogen-bond acceptors (Lipinski definition) is 6. The molecule has 0 bridgehead atoms. The summed E-state index contributed by atoms with van der Waals surface area (Å²) in [4.78, 5) is 20.8. The molecule has 0 unspecified atom stereocenters. The van der Waals surface area contributed by atoms with Gasteiger partial charge in [0.2, 0.25) is 0 Å². The van der Waals surface area contributed by atoms with E-state index in [1.54, 1.807) is 24.3 Å². The number of thioether (sulfide) groups is 2. The van der Waals surface area contributed by atoms with Gasteiger partial charge in [-0.05, 0) is 102 Å². The monoisotopic (exact) mass is 970 g/mol. The maximum absolute atomic E-state index is 10.8. The highest BCUT2D eigenvalue weighted by Crippen LogP contribution is 2.17. The van der Waals surface area contributed by atoms with Crippen LogP contribution in [0.25, 0.3) is 0 Å². The van der Waals surface area contributed by atoms with Crippen molar-refractivity contribution in [2.45, 2.75) is 65.7 Å². The number of non-ortho nitro benzene ring substituents is 2. The number of benzene rings is 4. The van der Waals surface area contributed by atoms with E-state index in [0.717, 1.165) is 48.2 Å². The van der Waals surface area contributed by atoms with Gasteiger partial charge in [0.05, 0.1) is 21.4 Å². The van der Waals surface area contributed by atoms with E-state index in [4.69, 9.17) is 0 Å². The number of aromatic nitrogens is 4. The van der Waals surface area contributed by atoms with Gasteiger partial charge < -0.3 is 0 Å². The number of nitro benzene ring substituents is 2. The van der Waals surface area contributed by atoms with Crippen LogP contribution in [0, 0.1) is 34.1 Å². The molecule has 8 rings (SSSR count). The van der Waals surface area contributed by atoms with Crippen LogP contribution in [0.1, 0.15) is 62.1 Å². The van der Waals surface area contributed by atoms with Crippen molar-refractivity contribution >= 4 is 34.9 Å². The number of nitrogens with zero attached hydrogens (tertiary/aromatic N) is 6. The van der Waals surface area contributed by atoms with Crippen LogP contribution in [-0.4, -0.2) is 32.9 Å². The second-order valence-corrected chi connectivity index (χ2v) is 20.0. The van der Waals surface area contributed by atoms with Crippen LogP contribution in [-0.2, 0) is 45.4 Å². The van der Waals surface area contributed by atoms with E-state index in [-0.39, 0.29) is 11.4 Å². The van der Waals surface area contributed by atoms with Gasteiger partial charge in [0.1, 0.15) is 0 Å². The van der Waals surface area contributed by atoms with E-state index >= 15 is 0 Å². The summed E-state index contributed by atoms with van der Waals surface area (Å²) in [7, 11) is 0. The molecule has 4 aromatic carbocycles. The van der Waals surface area contributed by atoms with Crippen LogP contribution < -0.4 is 18.3 Å². The first-order chi connectivity index (χ1) is 34.1. The molecule has 0 aliphatic rings. The second-order valence-electron chi connectivity index (χ2n) is 17.6. The molecule has 0 radical (unpaired) electrons. The van der Waals surface area contributed by atoms with Crippen LogP contribution in [0.3, 0.4) is 0 Å². The van der Waals surface area contributed by atoms with Gasteiger partial charge >= 0.3 is 6.67 Å². The van der Waals surface area contributed by atoms with Gasteiger partial charge in [-0.15, -0.1) is 9.13 Å². The highest BCUT2D eigenvalue weighted by molar-refractivity contribution is 8.00. The third kappa shape index (κ3) is 17.2. The minimum absolute atomic E-state index is 0.0976. The normalized spacial score (nSPS) is 10.9. The number of rotatable bonds is 22. The summed E-state index contributed by atoms with van der Waals surface area (Å²) in [6.45, 7) is 7.10. The third-order valence-corrected chi connectivity index (χ3v) is 14.0. The minimum atomic E-state index is -0.394. The molecule has 0 spiro atoms. The first kappa shape index (κ1) is 50.8. The first-order valence-electron chi connectivity index (χ1n) is 23.8. The van der Waals surface area contributed by atoms with E-state index in [2.05, 4.69) is 153 Å². The molecule has 0 amide bonds. The van der Waals surface area contributed by atoms with E-state index in [0.29, 0.717) is 19.5 Å². The molecule has 356 valence electrons. The van der Waals surface area contributed by atoms with Crippen molar-refractivity contribution in [1.82, 2.24) is 0 Å². The van der Waals surface area contributed by atoms with Crippen LogP contribution in [0.5, 0.6) is 0 Å².